The Bertz CT molecular complexity index is 67.8. The van der Waals surface area contributed by atoms with Crippen LogP contribution in [0, 0.1) is 0 Å². The maximum Gasteiger partial charge on any atom is 0.0973 e. The summed E-state index contributed by atoms with van der Waals surface area (Å²) in [7, 11) is 0. The van der Waals surface area contributed by atoms with Gasteiger partial charge in [0, 0.05) is 0 Å². The molecule has 3 heteroatoms. The molecule has 0 atom stereocenters. The van der Waals surface area contributed by atoms with Gasteiger partial charge in [0.15, 0.2) is 0 Å². The minimum absolute atomic E-state index is 0. The van der Waals surface area contributed by atoms with Crippen molar-refractivity contribution in [2.45, 2.75) is 0 Å². The topological polar surface area (TPSA) is 16.6 Å². The molecule has 0 saturated heterocycles. The maximum atomic E-state index is 2.00. The smallest absolute Gasteiger partial charge is 0.0973 e. The molecule has 0 aromatic rings. The molecule has 1 aliphatic rings. The second-order valence-electron chi connectivity index (χ2n) is 0.962. The lowest BCUT2D eigenvalue weighted by atomic mass is 10.6. The molecule has 0 aliphatic carbocycles. The Morgan fingerprint density at radius 2 is 1.29 bits per heavy atom. The van der Waals surface area contributed by atoms with E-state index in [1.165, 1.54) is 0 Å². The van der Waals surface area contributed by atoms with E-state index in [9.17, 15) is 0 Å². The Morgan fingerprint density at radius 3 is 1.43 bits per heavy atom. The van der Waals surface area contributed by atoms with Crippen molar-refractivity contribution >= 4 is 0 Å². The van der Waals surface area contributed by atoms with E-state index in [4.69, 9.17) is 0 Å². The number of quaternary nitrogens is 1. The first kappa shape index (κ1) is 10.1. The molecule has 2 N–H and O–H groups in total. The third-order valence-electron chi connectivity index (χ3n) is 0.556. The first-order chi connectivity index (χ1) is 2.50. The van der Waals surface area contributed by atoms with Crippen molar-refractivity contribution in [2.24, 2.45) is 0 Å². The molecule has 0 amide bonds. The van der Waals surface area contributed by atoms with E-state index in [0.717, 1.165) is 0 Å². The van der Waals surface area contributed by atoms with Gasteiger partial charge >= 0.3 is 0 Å². The molecule has 0 saturated carbocycles. The van der Waals surface area contributed by atoms with E-state index in [1.807, 2.05) is 29.9 Å². The van der Waals surface area contributed by atoms with Crippen LogP contribution in [0.1, 0.15) is 0 Å². The summed E-state index contributed by atoms with van der Waals surface area (Å²) in [4.78, 5) is 0. The molecule has 42 valence electrons. The molecule has 1 heterocycles. The molecule has 7 heavy (non-hydrogen) atoms. The normalized spacial score (nSPS) is 12.6. The van der Waals surface area contributed by atoms with E-state index >= 15 is 0 Å². The molecule has 1 aliphatic heterocycles. The first-order valence-corrected chi connectivity index (χ1v) is 1.67. The van der Waals surface area contributed by atoms with Crippen molar-refractivity contribution in [1.29, 1.82) is 0 Å². The average molecular weight is 139 g/mol. The predicted octanol–water partition coefficient (Wildman–Crippen LogP) is -6.40. The number of rotatable bonds is 0. The highest BCUT2D eigenvalue weighted by Gasteiger charge is 1.75. The minimum atomic E-state index is 0. The summed E-state index contributed by atoms with van der Waals surface area (Å²) in [5.74, 6) is 0. The Labute approximate surface area is 55.3 Å². The number of nitrogens with two attached hydrogens (primary N) is 1. The van der Waals surface area contributed by atoms with E-state index in [2.05, 4.69) is 0 Å². The number of halogens is 2. The monoisotopic (exact) mass is 138 g/mol. The highest BCUT2D eigenvalue weighted by Crippen LogP contribution is 1.67. The molecule has 0 spiro atoms. The number of allylic oxidation sites excluding steroid dienone is 2. The van der Waals surface area contributed by atoms with Crippen LogP contribution in [0.15, 0.2) is 24.6 Å². The van der Waals surface area contributed by atoms with Crippen molar-refractivity contribution in [3.8, 4) is 0 Å². The van der Waals surface area contributed by atoms with Gasteiger partial charge in [0.1, 0.15) is 0 Å². The van der Waals surface area contributed by atoms with E-state index in [-0.39, 0.29) is 24.8 Å². The average Bonchev–Trinajstić information content (AvgIpc) is 1.76. The fourth-order valence-electron chi connectivity index (χ4n) is 0.321. The fraction of sp³-hybridized carbons (Fsp3) is 0. The Morgan fingerprint density at radius 1 is 0.857 bits per heavy atom. The Balaban J connectivity index is 0. The third-order valence-corrected chi connectivity index (χ3v) is 0.556. The summed E-state index contributed by atoms with van der Waals surface area (Å²) in [6.07, 6.45) is 8.00. The highest BCUT2D eigenvalue weighted by atomic mass is 35.5. The van der Waals surface area contributed by atoms with Crippen LogP contribution in [0.3, 0.4) is 0 Å². The Kier molecular flexibility index (Phi) is 8.68. The van der Waals surface area contributed by atoms with E-state index < -0.39 is 0 Å². The maximum absolute atomic E-state index is 2.00. The minimum Gasteiger partial charge on any atom is -1.00 e. The van der Waals surface area contributed by atoms with Gasteiger partial charge in [-0.1, -0.05) is 0 Å². The third kappa shape index (κ3) is 3.86. The standard InChI is InChI=1S/C4H5N.2ClH/c1-2-4-5-3-1;;/h1-5H;2*1H/p-1. The largest absolute Gasteiger partial charge is 1.00 e. The molecule has 0 radical (unpaired) electrons. The SMILES string of the molecule is C1=C[NH2+]C=C1.[Cl-].[Cl-]. The van der Waals surface area contributed by atoms with Crippen LogP contribution in [-0.4, -0.2) is 0 Å². The van der Waals surface area contributed by atoms with Gasteiger partial charge in [0.05, 0.1) is 12.4 Å². The van der Waals surface area contributed by atoms with Crippen LogP contribution < -0.4 is 30.1 Å². The zero-order chi connectivity index (χ0) is 3.54. The molecule has 0 aromatic heterocycles. The van der Waals surface area contributed by atoms with E-state index in [1.54, 1.807) is 0 Å². The molecule has 0 unspecified atom stereocenters. The predicted molar refractivity (Wildman–Crippen MR) is 20.2 cm³/mol. The number of hydrogen-bond acceptors (Lipinski definition) is 0. The zero-order valence-corrected chi connectivity index (χ0v) is 5.15. The van der Waals surface area contributed by atoms with Crippen LogP contribution in [0.5, 0.6) is 0 Å². The molecule has 0 bridgehead atoms. The van der Waals surface area contributed by atoms with Crippen LogP contribution in [0.25, 0.3) is 0 Å². The van der Waals surface area contributed by atoms with Crippen molar-refractivity contribution in [1.82, 2.24) is 0 Å². The second-order valence-corrected chi connectivity index (χ2v) is 0.962. The summed E-state index contributed by atoms with van der Waals surface area (Å²) in [5.41, 5.74) is 0. The lowest BCUT2D eigenvalue weighted by Gasteiger charge is -1.61. The second kappa shape index (κ2) is 6.02. The lowest BCUT2D eigenvalue weighted by Crippen LogP contribution is -3.00. The quantitative estimate of drug-likeness (QED) is 0.343. The van der Waals surface area contributed by atoms with Crippen molar-refractivity contribution in [3.63, 3.8) is 0 Å². The van der Waals surface area contributed by atoms with Crippen molar-refractivity contribution in [2.75, 3.05) is 0 Å². The molecule has 0 fully saturated rings. The molecular weight excluding hydrogens is 133 g/mol. The highest BCUT2D eigenvalue weighted by molar-refractivity contribution is 4.98. The van der Waals surface area contributed by atoms with Gasteiger partial charge in [-0.25, -0.2) is 0 Å². The van der Waals surface area contributed by atoms with Crippen LogP contribution >= 0.6 is 0 Å². The van der Waals surface area contributed by atoms with Crippen molar-refractivity contribution < 1.29 is 30.1 Å². The van der Waals surface area contributed by atoms with Crippen LogP contribution in [0.2, 0.25) is 0 Å². The molecule has 0 aromatic carbocycles. The summed E-state index contributed by atoms with van der Waals surface area (Å²) in [6, 6.07) is 0. The first-order valence-electron chi connectivity index (χ1n) is 1.67. The molecular formula is C4H6Cl2N-. The van der Waals surface area contributed by atoms with Crippen molar-refractivity contribution in [3.05, 3.63) is 24.6 Å². The number of hydrogen-bond donors (Lipinski definition) is 1. The molecule has 1 nitrogen and oxygen atoms in total. The van der Waals surface area contributed by atoms with Crippen LogP contribution in [-0.2, 0) is 0 Å². The van der Waals surface area contributed by atoms with Gasteiger partial charge in [-0.15, -0.1) is 0 Å². The van der Waals surface area contributed by atoms with Gasteiger partial charge in [-0.05, 0) is 12.2 Å². The molecule has 1 rings (SSSR count). The van der Waals surface area contributed by atoms with Gasteiger partial charge in [0.25, 0.3) is 0 Å². The summed E-state index contributed by atoms with van der Waals surface area (Å²) < 4.78 is 0. The fourth-order valence-corrected chi connectivity index (χ4v) is 0.321. The lowest BCUT2D eigenvalue weighted by molar-refractivity contribution is -0.510. The summed E-state index contributed by atoms with van der Waals surface area (Å²) in [5, 5.41) is 2.00. The van der Waals surface area contributed by atoms with Gasteiger partial charge in [0.2, 0.25) is 0 Å². The summed E-state index contributed by atoms with van der Waals surface area (Å²) >= 11 is 0. The zero-order valence-electron chi connectivity index (χ0n) is 3.64. The van der Waals surface area contributed by atoms with Crippen LogP contribution in [0.4, 0.5) is 0 Å². The summed E-state index contributed by atoms with van der Waals surface area (Å²) in [6.45, 7) is 0. The van der Waals surface area contributed by atoms with E-state index in [0.29, 0.717) is 0 Å². The van der Waals surface area contributed by atoms with Gasteiger partial charge in [-0.3, -0.25) is 5.32 Å². The Hall–Kier alpha value is 0.0200. The van der Waals surface area contributed by atoms with Gasteiger partial charge in [-0.2, -0.15) is 0 Å². The van der Waals surface area contributed by atoms with Gasteiger partial charge < -0.3 is 24.8 Å².